The van der Waals surface area contributed by atoms with Gasteiger partial charge in [-0.2, -0.15) is 5.26 Å². The Morgan fingerprint density at radius 3 is 2.70 bits per heavy atom. The van der Waals surface area contributed by atoms with E-state index >= 15 is 0 Å². The van der Waals surface area contributed by atoms with Gasteiger partial charge in [0.25, 0.3) is 0 Å². The van der Waals surface area contributed by atoms with Crippen molar-refractivity contribution in [1.29, 1.82) is 5.26 Å². The summed E-state index contributed by atoms with van der Waals surface area (Å²) in [5.41, 5.74) is 3.48. The number of rotatable bonds is 4. The molecule has 2 rings (SSSR count). The molecule has 0 aliphatic rings. The van der Waals surface area contributed by atoms with Crippen molar-refractivity contribution in [2.45, 2.75) is 20.8 Å². The summed E-state index contributed by atoms with van der Waals surface area (Å²) in [6, 6.07) is 11.3. The fourth-order valence-electron chi connectivity index (χ4n) is 2.44. The summed E-state index contributed by atoms with van der Waals surface area (Å²) < 4.78 is 6.88. The molecular weight excluding hydrogens is 312 g/mol. The molecule has 1 aromatic carbocycles. The van der Waals surface area contributed by atoms with Crippen molar-refractivity contribution >= 4 is 23.6 Å². The van der Waals surface area contributed by atoms with Crippen molar-refractivity contribution in [3.8, 4) is 11.8 Å². The van der Waals surface area contributed by atoms with E-state index < -0.39 is 5.97 Å². The monoisotopic (exact) mass is 328 g/mol. The van der Waals surface area contributed by atoms with Gasteiger partial charge >= 0.3 is 5.97 Å². The van der Waals surface area contributed by atoms with Crippen molar-refractivity contribution in [1.82, 2.24) is 4.57 Å². The zero-order valence-electron chi connectivity index (χ0n) is 13.3. The average molecular weight is 329 g/mol. The highest BCUT2D eigenvalue weighted by Gasteiger charge is 2.15. The predicted molar refractivity (Wildman–Crippen MR) is 90.5 cm³/mol. The number of hydrogen-bond acceptors (Lipinski definition) is 3. The zero-order chi connectivity index (χ0) is 17.0. The number of benzene rings is 1. The van der Waals surface area contributed by atoms with Gasteiger partial charge in [-0.25, -0.2) is 4.79 Å². The van der Waals surface area contributed by atoms with E-state index in [1.165, 1.54) is 0 Å². The van der Waals surface area contributed by atoms with Crippen LogP contribution in [0.25, 0.3) is 11.8 Å². The van der Waals surface area contributed by atoms with Crippen LogP contribution in [0, 0.1) is 25.2 Å². The van der Waals surface area contributed by atoms with Gasteiger partial charge in [0.15, 0.2) is 0 Å². The van der Waals surface area contributed by atoms with Crippen molar-refractivity contribution in [3.05, 3.63) is 57.9 Å². The lowest BCUT2D eigenvalue weighted by atomic mass is 10.1. The van der Waals surface area contributed by atoms with Crippen LogP contribution < -0.4 is 0 Å². The van der Waals surface area contributed by atoms with Gasteiger partial charge in [-0.05, 0) is 50.6 Å². The van der Waals surface area contributed by atoms with Crippen molar-refractivity contribution in [2.75, 3.05) is 6.61 Å². The van der Waals surface area contributed by atoms with Crippen LogP contribution in [0.5, 0.6) is 0 Å². The highest BCUT2D eigenvalue weighted by atomic mass is 35.5. The second kappa shape index (κ2) is 7.17. The van der Waals surface area contributed by atoms with Crippen molar-refractivity contribution < 1.29 is 9.53 Å². The molecule has 0 atom stereocenters. The van der Waals surface area contributed by atoms with Crippen LogP contribution in [0.15, 0.2) is 35.9 Å². The lowest BCUT2D eigenvalue weighted by Crippen LogP contribution is -2.06. The molecule has 5 heteroatoms. The van der Waals surface area contributed by atoms with E-state index in [2.05, 4.69) is 0 Å². The Balaban J connectivity index is 2.52. The third-order valence-corrected chi connectivity index (χ3v) is 3.80. The van der Waals surface area contributed by atoms with Gasteiger partial charge in [-0.15, -0.1) is 0 Å². The molecule has 0 saturated carbocycles. The Hall–Kier alpha value is -2.51. The maximum absolute atomic E-state index is 11.8. The summed E-state index contributed by atoms with van der Waals surface area (Å²) in [6.07, 6.45) is 1.55. The molecule has 4 nitrogen and oxygen atoms in total. The fourth-order valence-corrected chi connectivity index (χ4v) is 2.66. The normalized spacial score (nSPS) is 11.2. The second-order valence-electron chi connectivity index (χ2n) is 5.00. The van der Waals surface area contributed by atoms with Crippen LogP contribution in [0.4, 0.5) is 0 Å². The summed E-state index contributed by atoms with van der Waals surface area (Å²) in [5.74, 6) is -0.613. The third-order valence-electron chi connectivity index (χ3n) is 3.48. The molecule has 2 aromatic rings. The Morgan fingerprint density at radius 2 is 2.09 bits per heavy atom. The Labute approximate surface area is 140 Å². The first-order valence-corrected chi connectivity index (χ1v) is 7.60. The fraction of sp³-hybridized carbons (Fsp3) is 0.222. The number of para-hydroxylation sites is 1. The smallest absolute Gasteiger partial charge is 0.348 e. The van der Waals surface area contributed by atoms with Crippen LogP contribution in [0.1, 0.15) is 23.9 Å². The molecule has 0 N–H and O–H groups in total. The van der Waals surface area contributed by atoms with Crippen LogP contribution in [-0.2, 0) is 9.53 Å². The molecule has 0 bridgehead atoms. The van der Waals surface area contributed by atoms with Gasteiger partial charge in [0.2, 0.25) is 0 Å². The van der Waals surface area contributed by atoms with Crippen molar-refractivity contribution in [2.24, 2.45) is 0 Å². The number of aryl methyl sites for hydroxylation is 1. The van der Waals surface area contributed by atoms with E-state index in [9.17, 15) is 4.79 Å². The van der Waals surface area contributed by atoms with E-state index in [0.29, 0.717) is 5.02 Å². The van der Waals surface area contributed by atoms with Gasteiger partial charge in [0.1, 0.15) is 11.6 Å². The van der Waals surface area contributed by atoms with E-state index in [0.717, 1.165) is 22.6 Å². The lowest BCUT2D eigenvalue weighted by Gasteiger charge is -2.11. The molecular formula is C18H17ClN2O2. The minimum atomic E-state index is -0.613. The molecule has 0 unspecified atom stereocenters. The summed E-state index contributed by atoms with van der Waals surface area (Å²) in [4.78, 5) is 11.8. The number of carbonyl (C=O) groups is 1. The maximum Gasteiger partial charge on any atom is 0.348 e. The molecule has 0 aliphatic carbocycles. The summed E-state index contributed by atoms with van der Waals surface area (Å²) in [6.45, 7) is 5.80. The number of nitriles is 1. The Kier molecular flexibility index (Phi) is 5.25. The quantitative estimate of drug-likeness (QED) is 0.479. The average Bonchev–Trinajstić information content (AvgIpc) is 2.80. The SMILES string of the molecule is CCOC(=O)C(C#N)=Cc1cc(C)n(-c2ccccc2Cl)c1C. The molecule has 0 spiro atoms. The Bertz CT molecular complexity index is 813. The standard InChI is InChI=1S/C18H17ClN2O2/c1-4-23-18(22)15(11-20)10-14-9-12(2)21(13(14)3)17-8-6-5-7-16(17)19/h5-10H,4H2,1-3H3. The number of nitrogens with zero attached hydrogens (tertiary/aromatic N) is 2. The highest BCUT2D eigenvalue weighted by Crippen LogP contribution is 2.27. The first-order valence-electron chi connectivity index (χ1n) is 7.22. The number of esters is 1. The number of aromatic nitrogens is 1. The first-order chi connectivity index (χ1) is 11.0. The summed E-state index contributed by atoms with van der Waals surface area (Å²) in [7, 11) is 0. The second-order valence-corrected chi connectivity index (χ2v) is 5.41. The van der Waals surface area contributed by atoms with Crippen LogP contribution in [-0.4, -0.2) is 17.1 Å². The number of carbonyl (C=O) groups excluding carboxylic acids is 1. The lowest BCUT2D eigenvalue weighted by molar-refractivity contribution is -0.137. The molecule has 1 heterocycles. The van der Waals surface area contributed by atoms with Gasteiger partial charge in [0.05, 0.1) is 17.3 Å². The molecule has 0 amide bonds. The first kappa shape index (κ1) is 16.9. The molecule has 1 aromatic heterocycles. The minimum Gasteiger partial charge on any atom is -0.462 e. The number of hydrogen-bond donors (Lipinski definition) is 0. The highest BCUT2D eigenvalue weighted by molar-refractivity contribution is 6.32. The van der Waals surface area contributed by atoms with E-state index in [4.69, 9.17) is 21.6 Å². The van der Waals surface area contributed by atoms with Gasteiger partial charge < -0.3 is 9.30 Å². The molecule has 0 aliphatic heterocycles. The predicted octanol–water partition coefficient (Wildman–Crippen LogP) is 4.22. The topological polar surface area (TPSA) is 55.0 Å². The third kappa shape index (κ3) is 3.46. The molecule has 0 saturated heterocycles. The van der Waals surface area contributed by atoms with E-state index in [-0.39, 0.29) is 12.2 Å². The molecule has 23 heavy (non-hydrogen) atoms. The van der Waals surface area contributed by atoms with Crippen LogP contribution in [0.2, 0.25) is 5.02 Å². The van der Waals surface area contributed by atoms with E-state index in [1.807, 2.05) is 54.8 Å². The maximum atomic E-state index is 11.8. The summed E-state index contributed by atoms with van der Waals surface area (Å²) in [5, 5.41) is 9.80. The number of ether oxygens (including phenoxy) is 1. The molecule has 0 fully saturated rings. The summed E-state index contributed by atoms with van der Waals surface area (Å²) >= 11 is 6.27. The van der Waals surface area contributed by atoms with Gasteiger partial charge in [-0.1, -0.05) is 23.7 Å². The van der Waals surface area contributed by atoms with Gasteiger partial charge in [-0.3, -0.25) is 0 Å². The largest absolute Gasteiger partial charge is 0.462 e. The van der Waals surface area contributed by atoms with Gasteiger partial charge in [0, 0.05) is 11.4 Å². The Morgan fingerprint density at radius 1 is 1.39 bits per heavy atom. The van der Waals surface area contributed by atoms with Crippen LogP contribution in [0.3, 0.4) is 0 Å². The van der Waals surface area contributed by atoms with Crippen LogP contribution >= 0.6 is 11.6 Å². The molecule has 0 radical (unpaired) electrons. The molecule has 118 valence electrons. The zero-order valence-corrected chi connectivity index (χ0v) is 14.0. The van der Waals surface area contributed by atoms with E-state index in [1.54, 1.807) is 13.0 Å². The number of halogens is 1. The minimum absolute atomic E-state index is 0.0220. The van der Waals surface area contributed by atoms with Crippen molar-refractivity contribution in [3.63, 3.8) is 0 Å².